The van der Waals surface area contributed by atoms with Gasteiger partial charge in [0.15, 0.2) is 0 Å². The Morgan fingerprint density at radius 2 is 1.93 bits per heavy atom. The minimum Gasteiger partial charge on any atom is -0.440 e. The van der Waals surface area contributed by atoms with E-state index in [4.69, 9.17) is 10.2 Å². The molecule has 0 amide bonds. The summed E-state index contributed by atoms with van der Waals surface area (Å²) in [6.45, 7) is 1.87. The first-order valence-electron chi connectivity index (χ1n) is 4.54. The summed E-state index contributed by atoms with van der Waals surface area (Å²) in [4.78, 5) is 4.16. The van der Waals surface area contributed by atoms with Gasteiger partial charge in [-0.25, -0.2) is 4.98 Å². The monoisotopic (exact) mass is 224 g/mol. The van der Waals surface area contributed by atoms with Crippen LogP contribution >= 0.6 is 12.4 Å². The average Bonchev–Trinajstić information content (AvgIpc) is 2.68. The second kappa shape index (κ2) is 4.96. The first-order chi connectivity index (χ1) is 6.77. The Morgan fingerprint density at radius 3 is 2.47 bits per heavy atom. The maximum atomic E-state index is 5.67. The quantitative estimate of drug-likeness (QED) is 0.854. The summed E-state index contributed by atoms with van der Waals surface area (Å²) >= 11 is 0. The van der Waals surface area contributed by atoms with Crippen LogP contribution in [0.3, 0.4) is 0 Å². The minimum absolute atomic E-state index is 0. The van der Waals surface area contributed by atoms with Crippen LogP contribution in [-0.2, 0) is 0 Å². The van der Waals surface area contributed by atoms with Crippen molar-refractivity contribution in [2.45, 2.75) is 13.0 Å². The van der Waals surface area contributed by atoms with Gasteiger partial charge >= 0.3 is 0 Å². The number of rotatable bonds is 2. The van der Waals surface area contributed by atoms with E-state index in [2.05, 4.69) is 4.98 Å². The van der Waals surface area contributed by atoms with Crippen LogP contribution in [0.25, 0.3) is 11.5 Å². The fraction of sp³-hybridized carbons (Fsp3) is 0.182. The molecule has 0 aliphatic heterocycles. The van der Waals surface area contributed by atoms with Gasteiger partial charge in [-0.1, -0.05) is 18.2 Å². The third-order valence-electron chi connectivity index (χ3n) is 1.99. The summed E-state index contributed by atoms with van der Waals surface area (Å²) in [6.07, 6.45) is 1.67. The van der Waals surface area contributed by atoms with Gasteiger partial charge in [0, 0.05) is 5.56 Å². The first-order valence-corrected chi connectivity index (χ1v) is 4.54. The standard InChI is InChI=1S/C11H12N2O.ClH/c1-8(12)10-7-13-11(14-10)9-5-3-2-4-6-9;/h2-8H,12H2,1H3;1H/t8-;/m1./s1. The second-order valence-electron chi connectivity index (χ2n) is 3.22. The molecule has 15 heavy (non-hydrogen) atoms. The predicted octanol–water partition coefficient (Wildman–Crippen LogP) is 2.78. The Kier molecular flexibility index (Phi) is 3.88. The molecule has 1 aromatic heterocycles. The molecular formula is C11H13ClN2O. The number of nitrogens with two attached hydrogens (primary N) is 1. The maximum Gasteiger partial charge on any atom is 0.226 e. The number of oxazole rings is 1. The van der Waals surface area contributed by atoms with E-state index in [1.54, 1.807) is 6.20 Å². The van der Waals surface area contributed by atoms with Crippen molar-refractivity contribution >= 4 is 12.4 Å². The van der Waals surface area contributed by atoms with E-state index >= 15 is 0 Å². The van der Waals surface area contributed by atoms with Crippen LogP contribution in [0.5, 0.6) is 0 Å². The van der Waals surface area contributed by atoms with Crippen molar-refractivity contribution in [2.75, 3.05) is 0 Å². The maximum absolute atomic E-state index is 5.67. The van der Waals surface area contributed by atoms with Crippen LogP contribution in [0.15, 0.2) is 40.9 Å². The Labute approximate surface area is 94.7 Å². The van der Waals surface area contributed by atoms with Crippen molar-refractivity contribution in [3.05, 3.63) is 42.3 Å². The van der Waals surface area contributed by atoms with Crippen LogP contribution in [-0.4, -0.2) is 4.98 Å². The largest absolute Gasteiger partial charge is 0.440 e. The molecule has 80 valence electrons. The fourth-order valence-corrected chi connectivity index (χ4v) is 1.21. The predicted molar refractivity (Wildman–Crippen MR) is 61.8 cm³/mol. The van der Waals surface area contributed by atoms with Gasteiger partial charge in [0.1, 0.15) is 5.76 Å². The molecule has 0 fully saturated rings. The topological polar surface area (TPSA) is 52.0 Å². The van der Waals surface area contributed by atoms with Gasteiger partial charge < -0.3 is 10.2 Å². The number of hydrogen-bond acceptors (Lipinski definition) is 3. The van der Waals surface area contributed by atoms with E-state index in [0.29, 0.717) is 11.7 Å². The molecule has 1 aromatic carbocycles. The molecule has 1 heterocycles. The first kappa shape index (κ1) is 11.8. The Hall–Kier alpha value is -1.32. The normalized spacial score (nSPS) is 11.9. The Bertz CT molecular complexity index is 412. The molecule has 4 heteroatoms. The Morgan fingerprint density at radius 1 is 1.27 bits per heavy atom. The van der Waals surface area contributed by atoms with Gasteiger partial charge in [-0.2, -0.15) is 0 Å². The van der Waals surface area contributed by atoms with Crippen LogP contribution in [0.4, 0.5) is 0 Å². The molecule has 0 unspecified atom stereocenters. The van der Waals surface area contributed by atoms with Gasteiger partial charge in [-0.15, -0.1) is 12.4 Å². The summed E-state index contributed by atoms with van der Waals surface area (Å²) in [5.41, 5.74) is 6.64. The van der Waals surface area contributed by atoms with E-state index in [1.807, 2.05) is 37.3 Å². The van der Waals surface area contributed by atoms with Gasteiger partial charge in [0.25, 0.3) is 0 Å². The Balaban J connectivity index is 0.00000112. The summed E-state index contributed by atoms with van der Waals surface area (Å²) in [5, 5.41) is 0. The van der Waals surface area contributed by atoms with Crippen molar-refractivity contribution in [2.24, 2.45) is 5.73 Å². The molecule has 0 saturated heterocycles. The highest BCUT2D eigenvalue weighted by molar-refractivity contribution is 5.85. The second-order valence-corrected chi connectivity index (χ2v) is 3.22. The molecule has 2 aromatic rings. The lowest BCUT2D eigenvalue weighted by Crippen LogP contribution is -2.02. The van der Waals surface area contributed by atoms with Crippen LogP contribution in [0.2, 0.25) is 0 Å². The molecule has 2 rings (SSSR count). The zero-order chi connectivity index (χ0) is 9.97. The molecular weight excluding hydrogens is 212 g/mol. The summed E-state index contributed by atoms with van der Waals surface area (Å²) in [5.74, 6) is 1.33. The van der Waals surface area contributed by atoms with Crippen molar-refractivity contribution in [1.29, 1.82) is 0 Å². The summed E-state index contributed by atoms with van der Waals surface area (Å²) in [6, 6.07) is 9.66. The highest BCUT2D eigenvalue weighted by Crippen LogP contribution is 2.20. The third-order valence-corrected chi connectivity index (χ3v) is 1.99. The highest BCUT2D eigenvalue weighted by atomic mass is 35.5. The lowest BCUT2D eigenvalue weighted by molar-refractivity contribution is 0.488. The van der Waals surface area contributed by atoms with E-state index < -0.39 is 0 Å². The van der Waals surface area contributed by atoms with Gasteiger partial charge in [-0.05, 0) is 19.1 Å². The number of halogens is 1. The van der Waals surface area contributed by atoms with E-state index in [-0.39, 0.29) is 18.4 Å². The molecule has 0 saturated carbocycles. The zero-order valence-corrected chi connectivity index (χ0v) is 9.20. The van der Waals surface area contributed by atoms with Crippen molar-refractivity contribution in [1.82, 2.24) is 4.98 Å². The smallest absolute Gasteiger partial charge is 0.226 e. The van der Waals surface area contributed by atoms with Crippen LogP contribution < -0.4 is 5.73 Å². The number of hydrogen-bond donors (Lipinski definition) is 1. The molecule has 0 spiro atoms. The third kappa shape index (κ3) is 2.58. The van der Waals surface area contributed by atoms with Crippen LogP contribution in [0.1, 0.15) is 18.7 Å². The molecule has 0 aliphatic carbocycles. The lowest BCUT2D eigenvalue weighted by Gasteiger charge is -1.97. The fourth-order valence-electron chi connectivity index (χ4n) is 1.21. The summed E-state index contributed by atoms with van der Waals surface area (Å²) in [7, 11) is 0. The molecule has 1 atom stereocenters. The number of aromatic nitrogens is 1. The van der Waals surface area contributed by atoms with Crippen molar-refractivity contribution in [3.8, 4) is 11.5 Å². The number of nitrogens with zero attached hydrogens (tertiary/aromatic N) is 1. The minimum atomic E-state index is -0.111. The summed E-state index contributed by atoms with van der Waals surface area (Å²) < 4.78 is 5.50. The van der Waals surface area contributed by atoms with Gasteiger partial charge in [0.05, 0.1) is 12.2 Å². The molecule has 0 aliphatic rings. The average molecular weight is 225 g/mol. The lowest BCUT2D eigenvalue weighted by atomic mass is 10.2. The highest BCUT2D eigenvalue weighted by Gasteiger charge is 2.08. The van der Waals surface area contributed by atoms with Gasteiger partial charge in [0.2, 0.25) is 5.89 Å². The van der Waals surface area contributed by atoms with Gasteiger partial charge in [-0.3, -0.25) is 0 Å². The SMILES string of the molecule is C[C@@H](N)c1cnc(-c2ccccc2)o1.Cl. The van der Waals surface area contributed by atoms with Crippen LogP contribution in [0, 0.1) is 0 Å². The molecule has 3 nitrogen and oxygen atoms in total. The van der Waals surface area contributed by atoms with Crippen molar-refractivity contribution in [3.63, 3.8) is 0 Å². The van der Waals surface area contributed by atoms with E-state index in [9.17, 15) is 0 Å². The van der Waals surface area contributed by atoms with E-state index in [1.165, 1.54) is 0 Å². The van der Waals surface area contributed by atoms with E-state index in [0.717, 1.165) is 5.56 Å². The molecule has 2 N–H and O–H groups in total. The van der Waals surface area contributed by atoms with Crippen molar-refractivity contribution < 1.29 is 4.42 Å². The number of benzene rings is 1. The molecule has 0 bridgehead atoms. The zero-order valence-electron chi connectivity index (χ0n) is 8.38. The molecule has 0 radical (unpaired) electrons.